The second-order valence-corrected chi connectivity index (χ2v) is 4.80. The molecule has 0 bridgehead atoms. The zero-order chi connectivity index (χ0) is 15.0. The summed E-state index contributed by atoms with van der Waals surface area (Å²) in [6, 6.07) is 6.17. The van der Waals surface area contributed by atoms with Crippen molar-refractivity contribution in [1.82, 2.24) is 10.6 Å². The number of halogens is 2. The quantitative estimate of drug-likeness (QED) is 0.809. The van der Waals surface area contributed by atoms with Gasteiger partial charge in [0.15, 0.2) is 0 Å². The summed E-state index contributed by atoms with van der Waals surface area (Å²) in [5, 5.41) is 5.48. The van der Waals surface area contributed by atoms with Crippen molar-refractivity contribution in [3.63, 3.8) is 0 Å². The summed E-state index contributed by atoms with van der Waals surface area (Å²) in [6.45, 7) is 2.34. The molecule has 1 aromatic rings. The first-order chi connectivity index (χ1) is 9.47. The molecule has 2 amide bonds. The van der Waals surface area contributed by atoms with Gasteiger partial charge in [0.05, 0.1) is 0 Å². The van der Waals surface area contributed by atoms with Crippen LogP contribution in [0.4, 0.5) is 13.6 Å². The third-order valence-electron chi connectivity index (χ3n) is 2.52. The van der Waals surface area contributed by atoms with E-state index in [1.807, 2.05) is 13.8 Å². The van der Waals surface area contributed by atoms with Crippen LogP contribution in [0, 0.1) is 5.92 Å². The van der Waals surface area contributed by atoms with Crippen LogP contribution in [-0.2, 0) is 6.42 Å². The molecule has 112 valence electrons. The molecule has 2 N–H and O–H groups in total. The maximum Gasteiger partial charge on any atom is 0.387 e. The third-order valence-corrected chi connectivity index (χ3v) is 2.52. The molecule has 0 aliphatic rings. The highest BCUT2D eigenvalue weighted by molar-refractivity contribution is 5.73. The summed E-state index contributed by atoms with van der Waals surface area (Å²) in [4.78, 5) is 11.4. The lowest BCUT2D eigenvalue weighted by Gasteiger charge is -2.09. The van der Waals surface area contributed by atoms with E-state index in [0.717, 1.165) is 5.56 Å². The SMILES string of the molecule is CC(C)CNC(=O)NCCc1ccc(OC(F)F)cc1. The number of carbonyl (C=O) groups is 1. The summed E-state index contributed by atoms with van der Waals surface area (Å²) in [5.74, 6) is 0.537. The summed E-state index contributed by atoms with van der Waals surface area (Å²) in [7, 11) is 0. The largest absolute Gasteiger partial charge is 0.435 e. The molecule has 20 heavy (non-hydrogen) atoms. The molecule has 4 nitrogen and oxygen atoms in total. The Kier molecular flexibility index (Phi) is 6.76. The Hall–Kier alpha value is -1.85. The van der Waals surface area contributed by atoms with Crippen LogP contribution in [0.2, 0.25) is 0 Å². The lowest BCUT2D eigenvalue weighted by molar-refractivity contribution is -0.0498. The van der Waals surface area contributed by atoms with Crippen LogP contribution in [0.15, 0.2) is 24.3 Å². The molecule has 0 aliphatic heterocycles. The molecule has 0 aliphatic carbocycles. The molecule has 0 saturated carbocycles. The molecule has 0 aromatic heterocycles. The van der Waals surface area contributed by atoms with Crippen molar-refractivity contribution in [2.75, 3.05) is 13.1 Å². The summed E-state index contributed by atoms with van der Waals surface area (Å²) >= 11 is 0. The van der Waals surface area contributed by atoms with Gasteiger partial charge in [-0.3, -0.25) is 0 Å². The average Bonchev–Trinajstić information content (AvgIpc) is 2.38. The number of amides is 2. The second kappa shape index (κ2) is 8.35. The van der Waals surface area contributed by atoms with E-state index in [4.69, 9.17) is 0 Å². The lowest BCUT2D eigenvalue weighted by atomic mass is 10.1. The zero-order valence-corrected chi connectivity index (χ0v) is 11.7. The predicted octanol–water partition coefficient (Wildman–Crippen LogP) is 2.79. The highest BCUT2D eigenvalue weighted by Crippen LogP contribution is 2.14. The fraction of sp³-hybridized carbons (Fsp3) is 0.500. The van der Waals surface area contributed by atoms with E-state index in [2.05, 4.69) is 15.4 Å². The minimum Gasteiger partial charge on any atom is -0.435 e. The molecule has 0 heterocycles. The van der Waals surface area contributed by atoms with Crippen LogP contribution >= 0.6 is 0 Å². The van der Waals surface area contributed by atoms with Crippen molar-refractivity contribution < 1.29 is 18.3 Å². The van der Waals surface area contributed by atoms with Crippen molar-refractivity contribution in [3.8, 4) is 5.75 Å². The first-order valence-electron chi connectivity index (χ1n) is 6.53. The van der Waals surface area contributed by atoms with Gasteiger partial charge in [-0.1, -0.05) is 26.0 Å². The number of hydrogen-bond donors (Lipinski definition) is 2. The topological polar surface area (TPSA) is 50.4 Å². The Labute approximate surface area is 117 Å². The van der Waals surface area contributed by atoms with Gasteiger partial charge in [-0.15, -0.1) is 0 Å². The van der Waals surface area contributed by atoms with Crippen molar-refractivity contribution in [2.45, 2.75) is 26.9 Å². The van der Waals surface area contributed by atoms with Gasteiger partial charge >= 0.3 is 12.6 Å². The zero-order valence-electron chi connectivity index (χ0n) is 11.7. The van der Waals surface area contributed by atoms with Gasteiger partial charge in [0, 0.05) is 13.1 Å². The highest BCUT2D eigenvalue weighted by Gasteiger charge is 2.04. The number of nitrogens with one attached hydrogen (secondary N) is 2. The molecule has 0 atom stereocenters. The minimum absolute atomic E-state index is 0.131. The van der Waals surface area contributed by atoms with E-state index in [-0.39, 0.29) is 11.8 Å². The average molecular weight is 286 g/mol. The summed E-state index contributed by atoms with van der Waals surface area (Å²) in [6.07, 6.45) is 0.629. The van der Waals surface area contributed by atoms with Gasteiger partial charge in [0.1, 0.15) is 5.75 Å². The standard InChI is InChI=1S/C14H20F2N2O2/c1-10(2)9-18-14(19)17-8-7-11-3-5-12(6-4-11)20-13(15)16/h3-6,10,13H,7-9H2,1-2H3,(H2,17,18,19). The maximum absolute atomic E-state index is 12.0. The van der Waals surface area contributed by atoms with Gasteiger partial charge in [0.25, 0.3) is 0 Å². The summed E-state index contributed by atoms with van der Waals surface area (Å²) in [5.41, 5.74) is 0.941. The number of ether oxygens (including phenoxy) is 1. The number of carbonyl (C=O) groups excluding carboxylic acids is 1. The Morgan fingerprint density at radius 3 is 2.40 bits per heavy atom. The number of urea groups is 1. The van der Waals surface area contributed by atoms with Crippen LogP contribution in [-0.4, -0.2) is 25.7 Å². The monoisotopic (exact) mass is 286 g/mol. The van der Waals surface area contributed by atoms with Gasteiger partial charge in [-0.05, 0) is 30.0 Å². The fourth-order valence-electron chi connectivity index (χ4n) is 1.52. The Balaban J connectivity index is 2.26. The molecular formula is C14H20F2N2O2. The Morgan fingerprint density at radius 2 is 1.85 bits per heavy atom. The smallest absolute Gasteiger partial charge is 0.387 e. The Morgan fingerprint density at radius 1 is 1.20 bits per heavy atom. The molecule has 6 heteroatoms. The predicted molar refractivity (Wildman–Crippen MR) is 73.0 cm³/mol. The van der Waals surface area contributed by atoms with Crippen LogP contribution in [0.25, 0.3) is 0 Å². The van der Waals surface area contributed by atoms with E-state index < -0.39 is 6.61 Å². The molecule has 0 spiro atoms. The van der Waals surface area contributed by atoms with E-state index in [9.17, 15) is 13.6 Å². The Bertz CT molecular complexity index is 408. The number of alkyl halides is 2. The van der Waals surface area contributed by atoms with Gasteiger partial charge in [0.2, 0.25) is 0 Å². The lowest BCUT2D eigenvalue weighted by Crippen LogP contribution is -2.38. The molecule has 0 radical (unpaired) electrons. The van der Waals surface area contributed by atoms with E-state index in [0.29, 0.717) is 25.4 Å². The van der Waals surface area contributed by atoms with Gasteiger partial charge in [-0.2, -0.15) is 8.78 Å². The molecular weight excluding hydrogens is 266 g/mol. The van der Waals surface area contributed by atoms with Crippen molar-refractivity contribution in [1.29, 1.82) is 0 Å². The van der Waals surface area contributed by atoms with Crippen molar-refractivity contribution in [3.05, 3.63) is 29.8 Å². The van der Waals surface area contributed by atoms with Crippen molar-refractivity contribution >= 4 is 6.03 Å². The maximum atomic E-state index is 12.0. The van der Waals surface area contributed by atoms with Crippen LogP contribution in [0.1, 0.15) is 19.4 Å². The second-order valence-electron chi connectivity index (χ2n) is 4.80. The molecule has 0 saturated heterocycles. The first kappa shape index (κ1) is 16.2. The number of benzene rings is 1. The van der Waals surface area contributed by atoms with Crippen LogP contribution < -0.4 is 15.4 Å². The fourth-order valence-corrected chi connectivity index (χ4v) is 1.52. The number of hydrogen-bond acceptors (Lipinski definition) is 2. The first-order valence-corrected chi connectivity index (χ1v) is 6.53. The van der Waals surface area contributed by atoms with Crippen molar-refractivity contribution in [2.24, 2.45) is 5.92 Å². The minimum atomic E-state index is -2.81. The van der Waals surface area contributed by atoms with Crippen LogP contribution in [0.3, 0.4) is 0 Å². The van der Waals surface area contributed by atoms with E-state index >= 15 is 0 Å². The van der Waals surface area contributed by atoms with E-state index in [1.165, 1.54) is 12.1 Å². The molecule has 1 rings (SSSR count). The molecule has 0 unspecified atom stereocenters. The van der Waals surface area contributed by atoms with Gasteiger partial charge in [-0.25, -0.2) is 4.79 Å². The molecule has 1 aromatic carbocycles. The third kappa shape index (κ3) is 6.92. The number of rotatable bonds is 7. The highest BCUT2D eigenvalue weighted by atomic mass is 19.3. The van der Waals surface area contributed by atoms with Gasteiger partial charge < -0.3 is 15.4 Å². The normalized spacial score (nSPS) is 10.7. The van der Waals surface area contributed by atoms with E-state index in [1.54, 1.807) is 12.1 Å². The summed E-state index contributed by atoms with van der Waals surface area (Å²) < 4.78 is 28.2. The molecule has 0 fully saturated rings. The van der Waals surface area contributed by atoms with Crippen LogP contribution in [0.5, 0.6) is 5.75 Å².